The van der Waals surface area contributed by atoms with Crippen molar-refractivity contribution in [2.45, 2.75) is 20.1 Å². The largest absolute Gasteiger partial charge is 0.459 e. The number of fused-ring (bicyclic) bond motifs is 1. The lowest BCUT2D eigenvalue weighted by atomic mass is 10.2. The highest BCUT2D eigenvalue weighted by Crippen LogP contribution is 2.21. The summed E-state index contributed by atoms with van der Waals surface area (Å²) in [6.45, 7) is 4.01. The molecule has 3 heteroatoms. The average molecular weight is 281 g/mol. The predicted molar refractivity (Wildman–Crippen MR) is 85.3 cm³/mol. The number of furan rings is 1. The second kappa shape index (κ2) is 6.46. The van der Waals surface area contributed by atoms with Crippen LogP contribution in [0.1, 0.15) is 18.2 Å². The van der Waals surface area contributed by atoms with Crippen LogP contribution in [0.4, 0.5) is 5.69 Å². The molecule has 0 fully saturated rings. The van der Waals surface area contributed by atoms with Crippen LogP contribution in [0.5, 0.6) is 0 Å². The molecular weight excluding hydrogens is 262 g/mol. The Morgan fingerprint density at radius 3 is 2.71 bits per heavy atom. The maximum Gasteiger partial charge on any atom is 0.134 e. The highest BCUT2D eigenvalue weighted by molar-refractivity contribution is 5.77. The zero-order chi connectivity index (χ0) is 14.5. The van der Waals surface area contributed by atoms with E-state index in [2.05, 4.69) is 29.6 Å². The van der Waals surface area contributed by atoms with E-state index in [-0.39, 0.29) is 0 Å². The predicted octanol–water partition coefficient (Wildman–Crippen LogP) is 4.58. The van der Waals surface area contributed by atoms with Gasteiger partial charge in [-0.15, -0.1) is 0 Å². The van der Waals surface area contributed by atoms with Gasteiger partial charge in [0.2, 0.25) is 0 Å². The number of hydrogen-bond donors (Lipinski definition) is 1. The minimum atomic E-state index is 0.625. The first-order valence-corrected chi connectivity index (χ1v) is 7.24. The van der Waals surface area contributed by atoms with E-state index in [4.69, 9.17) is 9.15 Å². The minimum absolute atomic E-state index is 0.625. The Hall–Kier alpha value is -2.26. The first kappa shape index (κ1) is 13.7. The molecule has 2 aromatic carbocycles. The topological polar surface area (TPSA) is 34.4 Å². The number of nitrogens with one attached hydrogen (secondary N) is 1. The van der Waals surface area contributed by atoms with Crippen molar-refractivity contribution in [2.24, 2.45) is 0 Å². The van der Waals surface area contributed by atoms with Crippen LogP contribution in [0.3, 0.4) is 0 Å². The van der Waals surface area contributed by atoms with Gasteiger partial charge in [-0.25, -0.2) is 0 Å². The molecule has 0 amide bonds. The summed E-state index contributed by atoms with van der Waals surface area (Å²) in [7, 11) is 0. The van der Waals surface area contributed by atoms with Crippen molar-refractivity contribution in [2.75, 3.05) is 11.9 Å². The number of para-hydroxylation sites is 2. The van der Waals surface area contributed by atoms with Gasteiger partial charge in [0, 0.05) is 23.2 Å². The van der Waals surface area contributed by atoms with Crippen LogP contribution < -0.4 is 5.32 Å². The molecule has 21 heavy (non-hydrogen) atoms. The van der Waals surface area contributed by atoms with E-state index >= 15 is 0 Å². The van der Waals surface area contributed by atoms with Crippen molar-refractivity contribution in [1.29, 1.82) is 0 Å². The third-order valence-electron chi connectivity index (χ3n) is 3.41. The number of rotatable bonds is 6. The van der Waals surface area contributed by atoms with Crippen molar-refractivity contribution in [3.05, 3.63) is 65.9 Å². The molecule has 0 saturated carbocycles. The molecule has 1 N–H and O–H groups in total. The lowest BCUT2D eigenvalue weighted by Crippen LogP contribution is -2.02. The Bertz CT molecular complexity index is 685. The summed E-state index contributed by atoms with van der Waals surface area (Å²) in [6, 6.07) is 18.3. The molecule has 1 heterocycles. The van der Waals surface area contributed by atoms with E-state index in [1.54, 1.807) is 0 Å². The van der Waals surface area contributed by atoms with Gasteiger partial charge >= 0.3 is 0 Å². The molecule has 0 atom stereocenters. The number of anilines is 1. The fourth-order valence-corrected chi connectivity index (χ4v) is 2.34. The highest BCUT2D eigenvalue weighted by atomic mass is 16.5. The van der Waals surface area contributed by atoms with E-state index in [9.17, 15) is 0 Å². The van der Waals surface area contributed by atoms with Crippen molar-refractivity contribution >= 4 is 16.7 Å². The van der Waals surface area contributed by atoms with Gasteiger partial charge < -0.3 is 14.5 Å². The van der Waals surface area contributed by atoms with Crippen LogP contribution in [0, 0.1) is 0 Å². The first-order valence-electron chi connectivity index (χ1n) is 7.24. The smallest absolute Gasteiger partial charge is 0.134 e. The summed E-state index contributed by atoms with van der Waals surface area (Å²) in [4.78, 5) is 0. The minimum Gasteiger partial charge on any atom is -0.459 e. The second-order valence-corrected chi connectivity index (χ2v) is 4.90. The van der Waals surface area contributed by atoms with Gasteiger partial charge in [-0.3, -0.25) is 0 Å². The molecule has 1 aromatic heterocycles. The quantitative estimate of drug-likeness (QED) is 0.718. The maximum atomic E-state index is 5.82. The molecule has 0 saturated heterocycles. The fourth-order valence-electron chi connectivity index (χ4n) is 2.34. The van der Waals surface area contributed by atoms with Crippen molar-refractivity contribution in [3.63, 3.8) is 0 Å². The van der Waals surface area contributed by atoms with E-state index in [0.717, 1.165) is 34.6 Å². The number of hydrogen-bond acceptors (Lipinski definition) is 3. The number of benzene rings is 2. The normalized spacial score (nSPS) is 10.9. The Balaban J connectivity index is 1.72. The van der Waals surface area contributed by atoms with E-state index in [1.165, 1.54) is 0 Å². The third kappa shape index (κ3) is 3.26. The summed E-state index contributed by atoms with van der Waals surface area (Å²) in [5.74, 6) is 0.933. The molecule has 0 unspecified atom stereocenters. The molecule has 108 valence electrons. The van der Waals surface area contributed by atoms with Crippen LogP contribution in [0.25, 0.3) is 11.0 Å². The summed E-state index contributed by atoms with van der Waals surface area (Å²) in [5.41, 5.74) is 3.18. The standard InChI is InChI=1S/C18H19NO2/c1-2-20-13-15-8-3-5-9-17(15)19-12-16-11-14-7-4-6-10-18(14)21-16/h3-11,19H,2,12-13H2,1H3. The molecule has 0 radical (unpaired) electrons. The summed E-state index contributed by atoms with van der Waals surface area (Å²) in [5, 5.41) is 4.56. The third-order valence-corrected chi connectivity index (χ3v) is 3.41. The Morgan fingerprint density at radius 2 is 1.86 bits per heavy atom. The number of ether oxygens (including phenoxy) is 1. The molecule has 0 aliphatic carbocycles. The highest BCUT2D eigenvalue weighted by Gasteiger charge is 2.05. The van der Waals surface area contributed by atoms with Gasteiger partial charge in [-0.05, 0) is 25.1 Å². The van der Waals surface area contributed by atoms with Crippen LogP contribution in [-0.2, 0) is 17.9 Å². The molecule has 0 aliphatic heterocycles. The maximum absolute atomic E-state index is 5.82. The van der Waals surface area contributed by atoms with Crippen molar-refractivity contribution < 1.29 is 9.15 Å². The average Bonchev–Trinajstić information content (AvgIpc) is 2.94. The zero-order valence-electron chi connectivity index (χ0n) is 12.1. The lowest BCUT2D eigenvalue weighted by molar-refractivity contribution is 0.134. The second-order valence-electron chi connectivity index (χ2n) is 4.90. The first-order chi connectivity index (χ1) is 10.4. The van der Waals surface area contributed by atoms with Gasteiger partial charge in [0.05, 0.1) is 13.2 Å². The van der Waals surface area contributed by atoms with Crippen LogP contribution in [0.15, 0.2) is 59.0 Å². The summed E-state index contributed by atoms with van der Waals surface area (Å²) < 4.78 is 11.3. The SMILES string of the molecule is CCOCc1ccccc1NCc1cc2ccccc2o1. The fraction of sp³-hybridized carbons (Fsp3) is 0.222. The molecular formula is C18H19NO2. The van der Waals surface area contributed by atoms with Gasteiger partial charge in [0.15, 0.2) is 0 Å². The van der Waals surface area contributed by atoms with E-state index < -0.39 is 0 Å². The molecule has 3 nitrogen and oxygen atoms in total. The van der Waals surface area contributed by atoms with Gasteiger partial charge in [-0.1, -0.05) is 36.4 Å². The summed E-state index contributed by atoms with van der Waals surface area (Å²) in [6.07, 6.45) is 0. The monoisotopic (exact) mass is 281 g/mol. The van der Waals surface area contributed by atoms with Crippen LogP contribution in [-0.4, -0.2) is 6.61 Å². The molecule has 0 bridgehead atoms. The lowest BCUT2D eigenvalue weighted by Gasteiger charge is -2.10. The van der Waals surface area contributed by atoms with Crippen molar-refractivity contribution in [1.82, 2.24) is 0 Å². The molecule has 3 aromatic rings. The Kier molecular flexibility index (Phi) is 4.22. The molecule has 0 aliphatic rings. The zero-order valence-corrected chi connectivity index (χ0v) is 12.1. The van der Waals surface area contributed by atoms with Gasteiger partial charge in [0.1, 0.15) is 11.3 Å². The van der Waals surface area contributed by atoms with E-state index in [1.807, 2.05) is 37.3 Å². The Labute approximate surface area is 124 Å². The Morgan fingerprint density at radius 1 is 1.05 bits per heavy atom. The van der Waals surface area contributed by atoms with Crippen LogP contribution in [0.2, 0.25) is 0 Å². The molecule has 3 rings (SSSR count). The van der Waals surface area contributed by atoms with Crippen molar-refractivity contribution in [3.8, 4) is 0 Å². The summed E-state index contributed by atoms with van der Waals surface area (Å²) >= 11 is 0. The van der Waals surface area contributed by atoms with Crippen LogP contribution >= 0.6 is 0 Å². The van der Waals surface area contributed by atoms with Gasteiger partial charge in [-0.2, -0.15) is 0 Å². The molecule has 0 spiro atoms. The van der Waals surface area contributed by atoms with Gasteiger partial charge in [0.25, 0.3) is 0 Å². The van der Waals surface area contributed by atoms with E-state index in [0.29, 0.717) is 13.2 Å².